The lowest BCUT2D eigenvalue weighted by Crippen LogP contribution is -2.45. The molecule has 2 N–H and O–H groups in total. The van der Waals surface area contributed by atoms with Gasteiger partial charge in [0.05, 0.1) is 31.2 Å². The second kappa shape index (κ2) is 15.6. The molecule has 4 rings (SSSR count). The lowest BCUT2D eigenvalue weighted by Gasteiger charge is -2.33. The van der Waals surface area contributed by atoms with Gasteiger partial charge in [0.2, 0.25) is 10.0 Å². The molecule has 1 aliphatic carbocycles. The first-order valence-electron chi connectivity index (χ1n) is 14.8. The molecular formula is C32H44N2O6S. The van der Waals surface area contributed by atoms with Crippen molar-refractivity contribution in [3.63, 3.8) is 0 Å². The molecule has 2 aromatic rings. The molecule has 1 saturated heterocycles. The van der Waals surface area contributed by atoms with Gasteiger partial charge in [0.25, 0.3) is 0 Å². The van der Waals surface area contributed by atoms with Crippen LogP contribution in [0, 0.1) is 0 Å². The average molecular weight is 585 g/mol. The number of hydrogen-bond acceptors (Lipinski definition) is 6. The Hall–Kier alpha value is -2.56. The summed E-state index contributed by atoms with van der Waals surface area (Å²) in [5.74, 6) is -0.823. The van der Waals surface area contributed by atoms with Crippen molar-refractivity contribution in [2.75, 3.05) is 26.7 Å². The maximum atomic E-state index is 11.8. The number of allylic oxidation sites excluding steroid dienone is 1. The van der Waals surface area contributed by atoms with Crippen molar-refractivity contribution < 1.29 is 27.8 Å². The summed E-state index contributed by atoms with van der Waals surface area (Å²) in [7, 11) is -1.87. The van der Waals surface area contributed by atoms with E-state index in [1.54, 1.807) is 0 Å². The number of hydrogen-bond donors (Lipinski definition) is 2. The third kappa shape index (κ3) is 9.75. The number of benzene rings is 2. The molecule has 0 unspecified atom stereocenters. The molecular weight excluding hydrogens is 540 g/mol. The highest BCUT2D eigenvalue weighted by molar-refractivity contribution is 7.88. The molecule has 0 amide bonds. The second-order valence-corrected chi connectivity index (χ2v) is 12.9. The van der Waals surface area contributed by atoms with E-state index in [0.717, 1.165) is 48.2 Å². The second-order valence-electron chi connectivity index (χ2n) is 11.0. The number of sulfonamides is 1. The number of likely N-dealkylation sites (tertiary alicyclic amines) is 1. The summed E-state index contributed by atoms with van der Waals surface area (Å²) < 4.78 is 38.8. The molecule has 2 aromatic carbocycles. The topological polar surface area (TPSA) is 105 Å². The van der Waals surface area contributed by atoms with Crippen LogP contribution in [0.4, 0.5) is 0 Å². The average Bonchev–Trinajstić information content (AvgIpc) is 3.17. The molecule has 0 radical (unpaired) electrons. The van der Waals surface area contributed by atoms with Crippen LogP contribution in [-0.4, -0.2) is 69.4 Å². The summed E-state index contributed by atoms with van der Waals surface area (Å²) in [5, 5.41) is 8.85. The van der Waals surface area contributed by atoms with Gasteiger partial charge in [0.1, 0.15) is 0 Å². The van der Waals surface area contributed by atoms with Crippen LogP contribution >= 0.6 is 0 Å². The fourth-order valence-electron chi connectivity index (χ4n) is 5.77. The van der Waals surface area contributed by atoms with Crippen LogP contribution in [0.5, 0.6) is 0 Å². The van der Waals surface area contributed by atoms with Crippen molar-refractivity contribution in [1.82, 2.24) is 9.62 Å². The molecule has 1 aliphatic heterocycles. The Morgan fingerprint density at radius 1 is 0.927 bits per heavy atom. The molecule has 2 fully saturated rings. The van der Waals surface area contributed by atoms with Gasteiger partial charge in [-0.1, -0.05) is 73.5 Å². The molecule has 41 heavy (non-hydrogen) atoms. The van der Waals surface area contributed by atoms with Crippen LogP contribution in [0.25, 0.3) is 11.1 Å². The SMILES string of the molecule is CNS(=O)(=O)Cc1ccc(-c2ccc(CO[C@@H]3CC[C@H](N4CCCCCC4)[C@H]3OC/C=C\CCC(=O)O)cc2)cc1. The summed E-state index contributed by atoms with van der Waals surface area (Å²) >= 11 is 0. The van der Waals surface area contributed by atoms with Crippen LogP contribution in [0.3, 0.4) is 0 Å². The summed E-state index contributed by atoms with van der Waals surface area (Å²) in [6.07, 6.45) is 11.5. The summed E-state index contributed by atoms with van der Waals surface area (Å²) in [6.45, 7) is 3.19. The molecule has 1 saturated carbocycles. The Morgan fingerprint density at radius 3 is 2.17 bits per heavy atom. The first-order valence-corrected chi connectivity index (χ1v) is 16.4. The molecule has 0 bridgehead atoms. The maximum absolute atomic E-state index is 11.8. The monoisotopic (exact) mass is 584 g/mol. The minimum Gasteiger partial charge on any atom is -0.481 e. The molecule has 224 valence electrons. The normalized spacial score (nSPS) is 22.2. The number of rotatable bonds is 14. The number of carboxylic acids is 1. The number of ether oxygens (including phenoxy) is 2. The molecule has 9 heteroatoms. The Kier molecular flexibility index (Phi) is 11.9. The molecule has 2 aliphatic rings. The van der Waals surface area contributed by atoms with E-state index in [9.17, 15) is 13.2 Å². The van der Waals surface area contributed by atoms with Gasteiger partial charge in [0.15, 0.2) is 0 Å². The van der Waals surface area contributed by atoms with Gasteiger partial charge < -0.3 is 14.6 Å². The number of nitrogens with zero attached hydrogens (tertiary/aromatic N) is 1. The van der Waals surface area contributed by atoms with Crippen molar-refractivity contribution >= 4 is 16.0 Å². The van der Waals surface area contributed by atoms with E-state index < -0.39 is 16.0 Å². The van der Waals surface area contributed by atoms with Gasteiger partial charge >= 0.3 is 5.97 Å². The zero-order valence-electron chi connectivity index (χ0n) is 24.0. The Balaban J connectivity index is 1.34. The van der Waals surface area contributed by atoms with Crippen molar-refractivity contribution in [3.8, 4) is 11.1 Å². The van der Waals surface area contributed by atoms with Crippen molar-refractivity contribution in [1.29, 1.82) is 0 Å². The lowest BCUT2D eigenvalue weighted by atomic mass is 10.0. The fraction of sp³-hybridized carbons (Fsp3) is 0.531. The standard InChI is InChI=1S/C32H44N2O6S/c1-33-41(37,38)24-26-12-16-28(17-13-26)27-14-10-25(11-15-27)23-40-30-19-18-29(34-20-6-2-3-7-21-34)32(30)39-22-8-4-5-9-31(35)36/h4,8,10-17,29-30,32-33H,2-3,5-7,9,18-24H2,1H3,(H,35,36)/b8-4-/t29-,30+,32+/m0/s1. The van der Waals surface area contributed by atoms with E-state index >= 15 is 0 Å². The fourth-order valence-corrected chi connectivity index (χ4v) is 6.54. The predicted octanol–water partition coefficient (Wildman–Crippen LogP) is 5.13. The zero-order valence-corrected chi connectivity index (χ0v) is 24.9. The smallest absolute Gasteiger partial charge is 0.303 e. The number of nitrogens with one attached hydrogen (secondary N) is 1. The molecule has 8 nitrogen and oxygen atoms in total. The van der Waals surface area contributed by atoms with Crippen LogP contribution in [0.1, 0.15) is 62.5 Å². The largest absolute Gasteiger partial charge is 0.481 e. The molecule has 0 aromatic heterocycles. The number of carboxylic acid groups (broad SMARTS) is 1. The van der Waals surface area contributed by atoms with E-state index in [1.807, 2.05) is 36.4 Å². The van der Waals surface area contributed by atoms with Crippen molar-refractivity contribution in [3.05, 3.63) is 71.8 Å². The zero-order chi connectivity index (χ0) is 29.1. The summed E-state index contributed by atoms with van der Waals surface area (Å²) in [5.41, 5.74) is 3.94. The quantitative estimate of drug-likeness (QED) is 0.297. The highest BCUT2D eigenvalue weighted by Gasteiger charge is 2.40. The third-order valence-electron chi connectivity index (χ3n) is 8.05. The highest BCUT2D eigenvalue weighted by atomic mass is 32.2. The van der Waals surface area contributed by atoms with Gasteiger partial charge in [-0.2, -0.15) is 0 Å². The minimum absolute atomic E-state index is 0.0109. The Labute approximate surface area is 244 Å². The molecule has 3 atom stereocenters. The summed E-state index contributed by atoms with van der Waals surface area (Å²) in [4.78, 5) is 13.4. The van der Waals surface area contributed by atoms with Gasteiger partial charge in [-0.05, 0) is 74.5 Å². The minimum atomic E-state index is -3.30. The Morgan fingerprint density at radius 2 is 1.56 bits per heavy atom. The highest BCUT2D eigenvalue weighted by Crippen LogP contribution is 2.32. The van der Waals surface area contributed by atoms with Crippen LogP contribution in [0.2, 0.25) is 0 Å². The lowest BCUT2D eigenvalue weighted by molar-refractivity contribution is -0.136. The first kappa shape index (κ1) is 31.4. The third-order valence-corrected chi connectivity index (χ3v) is 9.39. The van der Waals surface area contributed by atoms with Gasteiger partial charge in [-0.3, -0.25) is 9.69 Å². The van der Waals surface area contributed by atoms with Crippen LogP contribution in [0.15, 0.2) is 60.7 Å². The maximum Gasteiger partial charge on any atom is 0.303 e. The van der Waals surface area contributed by atoms with Crippen molar-refractivity contribution in [2.45, 2.75) is 82.0 Å². The van der Waals surface area contributed by atoms with E-state index in [2.05, 4.69) is 33.9 Å². The molecule has 1 heterocycles. The summed E-state index contributed by atoms with van der Waals surface area (Å²) in [6, 6.07) is 16.3. The van der Waals surface area contributed by atoms with E-state index in [-0.39, 0.29) is 24.4 Å². The van der Waals surface area contributed by atoms with Crippen LogP contribution in [-0.2, 0) is 36.7 Å². The van der Waals surface area contributed by atoms with Gasteiger partial charge in [0, 0.05) is 12.5 Å². The number of carbonyl (C=O) groups is 1. The first-order chi connectivity index (χ1) is 19.8. The predicted molar refractivity (Wildman–Crippen MR) is 161 cm³/mol. The van der Waals surface area contributed by atoms with Gasteiger partial charge in [-0.15, -0.1) is 0 Å². The van der Waals surface area contributed by atoms with Crippen molar-refractivity contribution in [2.24, 2.45) is 0 Å². The van der Waals surface area contributed by atoms with E-state index in [4.69, 9.17) is 14.6 Å². The van der Waals surface area contributed by atoms with E-state index in [0.29, 0.717) is 25.7 Å². The van der Waals surface area contributed by atoms with Crippen LogP contribution < -0.4 is 4.72 Å². The van der Waals surface area contributed by atoms with Gasteiger partial charge in [-0.25, -0.2) is 13.1 Å². The van der Waals surface area contributed by atoms with E-state index in [1.165, 1.54) is 32.7 Å². The number of aliphatic carboxylic acids is 1. The Bertz CT molecular complexity index is 1220. The molecule has 0 spiro atoms.